The zero-order valence-corrected chi connectivity index (χ0v) is 20.5. The molecule has 3 aromatic rings. The standard InChI is InChI=1S/C27H30N4O5/c1-27(2,3)22-13-14-28-25(31-22)30-20-15-33-24-21(16-34-23(20)24)36-26(32)29-17-9-11-19(12-10-17)35-18-7-5-4-6-8-18/h4-14,20-21,23-24H,15-16H2,1-3H3,(H,29,32)(H,28,30,31). The molecule has 1 amide bonds. The number of benzene rings is 2. The fourth-order valence-corrected chi connectivity index (χ4v) is 4.22. The van der Waals surface area contributed by atoms with Crippen LogP contribution in [-0.4, -0.2) is 53.6 Å². The molecule has 0 bridgehead atoms. The lowest BCUT2D eigenvalue weighted by molar-refractivity contribution is 0.00916. The van der Waals surface area contributed by atoms with E-state index >= 15 is 0 Å². The topological polar surface area (TPSA) is 104 Å². The maximum Gasteiger partial charge on any atom is 0.412 e. The van der Waals surface area contributed by atoms with Gasteiger partial charge in [-0.1, -0.05) is 39.0 Å². The fraction of sp³-hybridized carbons (Fsp3) is 0.370. The summed E-state index contributed by atoms with van der Waals surface area (Å²) in [5.41, 5.74) is 1.46. The molecule has 2 N–H and O–H groups in total. The summed E-state index contributed by atoms with van der Waals surface area (Å²) in [7, 11) is 0. The summed E-state index contributed by atoms with van der Waals surface area (Å²) in [6.45, 7) is 6.98. The van der Waals surface area contributed by atoms with Crippen molar-refractivity contribution in [2.24, 2.45) is 0 Å². The minimum absolute atomic E-state index is 0.0839. The van der Waals surface area contributed by atoms with E-state index in [0.717, 1.165) is 11.4 Å². The number of ether oxygens (including phenoxy) is 4. The SMILES string of the molecule is CC(C)(C)c1ccnc(NC2COC3C(OC(=O)Nc4ccc(Oc5ccccc5)cc4)COC23)n1. The van der Waals surface area contributed by atoms with E-state index in [2.05, 4.69) is 41.4 Å². The third-order valence-corrected chi connectivity index (χ3v) is 6.08. The number of carbonyl (C=O) groups is 1. The zero-order valence-electron chi connectivity index (χ0n) is 20.5. The summed E-state index contributed by atoms with van der Waals surface area (Å²) in [6, 6.07) is 18.3. The highest BCUT2D eigenvalue weighted by atomic mass is 16.6. The molecule has 2 aliphatic rings. The smallest absolute Gasteiger partial charge is 0.412 e. The Morgan fingerprint density at radius 1 is 0.944 bits per heavy atom. The van der Waals surface area contributed by atoms with Crippen LogP contribution >= 0.6 is 0 Å². The highest BCUT2D eigenvalue weighted by Crippen LogP contribution is 2.31. The van der Waals surface area contributed by atoms with Gasteiger partial charge in [0.25, 0.3) is 0 Å². The van der Waals surface area contributed by atoms with Crippen molar-refractivity contribution in [3.63, 3.8) is 0 Å². The molecule has 2 fully saturated rings. The monoisotopic (exact) mass is 490 g/mol. The minimum Gasteiger partial charge on any atom is -0.457 e. The van der Waals surface area contributed by atoms with E-state index in [9.17, 15) is 4.79 Å². The van der Waals surface area contributed by atoms with E-state index in [4.69, 9.17) is 18.9 Å². The van der Waals surface area contributed by atoms with Gasteiger partial charge in [-0.2, -0.15) is 0 Å². The van der Waals surface area contributed by atoms with Gasteiger partial charge in [-0.05, 0) is 42.5 Å². The first-order chi connectivity index (χ1) is 17.3. The van der Waals surface area contributed by atoms with Crippen LogP contribution in [0.1, 0.15) is 26.5 Å². The molecule has 188 valence electrons. The van der Waals surface area contributed by atoms with Gasteiger partial charge < -0.3 is 24.3 Å². The number of anilines is 2. The van der Waals surface area contributed by atoms with E-state index in [1.807, 2.05) is 36.4 Å². The molecule has 0 saturated carbocycles. The number of nitrogens with one attached hydrogen (secondary N) is 2. The molecule has 4 unspecified atom stereocenters. The molecule has 5 rings (SSSR count). The highest BCUT2D eigenvalue weighted by molar-refractivity contribution is 5.84. The predicted octanol–water partition coefficient (Wildman–Crippen LogP) is 4.76. The number of carbonyl (C=O) groups excluding carboxylic acids is 1. The van der Waals surface area contributed by atoms with Crippen molar-refractivity contribution in [1.82, 2.24) is 9.97 Å². The fourth-order valence-electron chi connectivity index (χ4n) is 4.22. The Kier molecular flexibility index (Phi) is 6.75. The quantitative estimate of drug-likeness (QED) is 0.510. The largest absolute Gasteiger partial charge is 0.457 e. The Hall–Kier alpha value is -3.69. The van der Waals surface area contributed by atoms with Gasteiger partial charge in [0.05, 0.1) is 24.9 Å². The van der Waals surface area contributed by atoms with Crippen molar-refractivity contribution in [2.45, 2.75) is 50.5 Å². The number of amides is 1. The molecule has 0 aliphatic carbocycles. The van der Waals surface area contributed by atoms with Crippen molar-refractivity contribution >= 4 is 17.7 Å². The van der Waals surface area contributed by atoms with Crippen LogP contribution in [0.15, 0.2) is 66.9 Å². The van der Waals surface area contributed by atoms with Crippen LogP contribution in [0.5, 0.6) is 11.5 Å². The average molecular weight is 491 g/mol. The van der Waals surface area contributed by atoms with Gasteiger partial charge in [-0.15, -0.1) is 0 Å². The molecule has 2 aromatic carbocycles. The normalized spacial score (nSPS) is 23.1. The molecule has 1 aromatic heterocycles. The number of hydrogen-bond acceptors (Lipinski definition) is 8. The third kappa shape index (κ3) is 5.58. The molecule has 0 radical (unpaired) electrons. The van der Waals surface area contributed by atoms with Gasteiger partial charge >= 0.3 is 6.09 Å². The first kappa shape index (κ1) is 24.0. The van der Waals surface area contributed by atoms with Crippen LogP contribution in [0.4, 0.5) is 16.4 Å². The second-order valence-electron chi connectivity index (χ2n) is 9.87. The average Bonchev–Trinajstić information content (AvgIpc) is 3.44. The van der Waals surface area contributed by atoms with Crippen molar-refractivity contribution in [2.75, 3.05) is 23.8 Å². The first-order valence-electron chi connectivity index (χ1n) is 12.0. The number of aromatic nitrogens is 2. The number of rotatable bonds is 6. The first-order valence-corrected chi connectivity index (χ1v) is 12.0. The summed E-state index contributed by atoms with van der Waals surface area (Å²) in [6.07, 6.45) is 0.0429. The molecule has 36 heavy (non-hydrogen) atoms. The molecular weight excluding hydrogens is 460 g/mol. The minimum atomic E-state index is -0.567. The van der Waals surface area contributed by atoms with E-state index in [1.165, 1.54) is 0 Å². The molecule has 3 heterocycles. The molecule has 2 aliphatic heterocycles. The van der Waals surface area contributed by atoms with Gasteiger partial charge in [-0.25, -0.2) is 14.8 Å². The highest BCUT2D eigenvalue weighted by Gasteiger charge is 2.49. The molecule has 9 heteroatoms. The van der Waals surface area contributed by atoms with E-state index in [-0.39, 0.29) is 30.3 Å². The second-order valence-corrected chi connectivity index (χ2v) is 9.87. The maximum absolute atomic E-state index is 12.5. The zero-order chi connectivity index (χ0) is 25.1. The van der Waals surface area contributed by atoms with E-state index in [0.29, 0.717) is 24.0 Å². The number of nitrogens with zero attached hydrogens (tertiary/aromatic N) is 2. The van der Waals surface area contributed by atoms with Crippen LogP contribution in [0.25, 0.3) is 0 Å². The van der Waals surface area contributed by atoms with Crippen molar-refractivity contribution < 1.29 is 23.7 Å². The van der Waals surface area contributed by atoms with Crippen LogP contribution < -0.4 is 15.4 Å². The summed E-state index contributed by atoms with van der Waals surface area (Å²) in [5.74, 6) is 1.94. The maximum atomic E-state index is 12.5. The third-order valence-electron chi connectivity index (χ3n) is 6.08. The van der Waals surface area contributed by atoms with Gasteiger partial charge in [0, 0.05) is 17.3 Å². The molecule has 2 saturated heterocycles. The lowest BCUT2D eigenvalue weighted by Crippen LogP contribution is -2.38. The Morgan fingerprint density at radius 2 is 1.67 bits per heavy atom. The lowest BCUT2D eigenvalue weighted by Gasteiger charge is -2.20. The summed E-state index contributed by atoms with van der Waals surface area (Å²) in [5, 5.41) is 6.07. The summed E-state index contributed by atoms with van der Waals surface area (Å²) in [4.78, 5) is 21.5. The molecule has 4 atom stereocenters. The van der Waals surface area contributed by atoms with Gasteiger partial charge in [0.2, 0.25) is 5.95 Å². The Labute approximate surface area is 210 Å². The number of para-hydroxylation sites is 1. The van der Waals surface area contributed by atoms with E-state index < -0.39 is 12.2 Å². The Bertz CT molecular complexity index is 1180. The lowest BCUT2D eigenvalue weighted by atomic mass is 9.92. The van der Waals surface area contributed by atoms with Gasteiger partial charge in [0.1, 0.15) is 23.7 Å². The summed E-state index contributed by atoms with van der Waals surface area (Å²) < 4.78 is 23.3. The van der Waals surface area contributed by atoms with Crippen LogP contribution in [0.2, 0.25) is 0 Å². The Morgan fingerprint density at radius 3 is 2.42 bits per heavy atom. The molecular formula is C27H30N4O5. The van der Waals surface area contributed by atoms with Gasteiger partial charge in [-0.3, -0.25) is 5.32 Å². The van der Waals surface area contributed by atoms with Crippen molar-refractivity contribution in [1.29, 1.82) is 0 Å². The van der Waals surface area contributed by atoms with Crippen molar-refractivity contribution in [3.8, 4) is 11.5 Å². The van der Waals surface area contributed by atoms with Gasteiger partial charge in [0.15, 0.2) is 6.10 Å². The molecule has 9 nitrogen and oxygen atoms in total. The Balaban J connectivity index is 1.13. The second kappa shape index (κ2) is 10.1. The number of hydrogen-bond donors (Lipinski definition) is 2. The van der Waals surface area contributed by atoms with Crippen molar-refractivity contribution in [3.05, 3.63) is 72.6 Å². The predicted molar refractivity (Wildman–Crippen MR) is 134 cm³/mol. The van der Waals surface area contributed by atoms with E-state index in [1.54, 1.807) is 30.5 Å². The number of fused-ring (bicyclic) bond motifs is 1. The van der Waals surface area contributed by atoms with Crippen LogP contribution in [0, 0.1) is 0 Å². The molecule has 0 spiro atoms. The van der Waals surface area contributed by atoms with Crippen LogP contribution in [0.3, 0.4) is 0 Å². The summed E-state index contributed by atoms with van der Waals surface area (Å²) >= 11 is 0. The van der Waals surface area contributed by atoms with Crippen LogP contribution in [-0.2, 0) is 19.6 Å².